The molecule has 0 aliphatic heterocycles. The Kier molecular flexibility index (Phi) is 1.76. The summed E-state index contributed by atoms with van der Waals surface area (Å²) in [6.07, 6.45) is 0. The molecule has 0 bridgehead atoms. The minimum absolute atomic E-state index is 0.843. The van der Waals surface area contributed by atoms with Gasteiger partial charge in [-0.05, 0) is 32.4 Å². The molecule has 0 saturated carbocycles. The Morgan fingerprint density at radius 1 is 1.00 bits per heavy atom. The molecule has 1 aromatic carbocycles. The zero-order valence-corrected chi connectivity index (χ0v) is 8.13. The minimum Gasteiger partial charge on any atom is -0.238 e. The van der Waals surface area contributed by atoms with Crippen LogP contribution in [0.4, 0.5) is 0 Å². The number of nitrogens with zero attached hydrogens (tertiary/aromatic N) is 2. The summed E-state index contributed by atoms with van der Waals surface area (Å²) in [5.41, 5.74) is 3.34. The van der Waals surface area contributed by atoms with Gasteiger partial charge in [0.25, 0.3) is 0 Å². The van der Waals surface area contributed by atoms with Crippen molar-refractivity contribution in [3.05, 3.63) is 35.3 Å². The van der Waals surface area contributed by atoms with Crippen molar-refractivity contribution in [1.82, 2.24) is 9.97 Å². The van der Waals surface area contributed by atoms with Crippen LogP contribution in [0.1, 0.15) is 17.1 Å². The second kappa shape index (κ2) is 2.80. The summed E-state index contributed by atoms with van der Waals surface area (Å²) in [4.78, 5) is 8.71. The lowest BCUT2D eigenvalue weighted by molar-refractivity contribution is 1.05. The van der Waals surface area contributed by atoms with Gasteiger partial charge in [0.05, 0.1) is 5.52 Å². The fourth-order valence-electron chi connectivity index (χ4n) is 1.54. The molecule has 1 heterocycles. The largest absolute Gasteiger partial charge is 0.238 e. The van der Waals surface area contributed by atoms with E-state index in [9.17, 15) is 0 Å². The van der Waals surface area contributed by atoms with Crippen LogP contribution in [0.25, 0.3) is 10.9 Å². The van der Waals surface area contributed by atoms with E-state index in [0.29, 0.717) is 0 Å². The second-order valence-electron chi connectivity index (χ2n) is 3.38. The number of rotatable bonds is 0. The molecule has 2 heteroatoms. The highest BCUT2D eigenvalue weighted by Gasteiger charge is 2.00. The maximum absolute atomic E-state index is 4.39. The molecule has 0 aliphatic rings. The zero-order valence-electron chi connectivity index (χ0n) is 8.13. The summed E-state index contributed by atoms with van der Waals surface area (Å²) in [7, 11) is 0. The first-order chi connectivity index (χ1) is 6.16. The first kappa shape index (κ1) is 8.17. The third-order valence-electron chi connectivity index (χ3n) is 2.15. The second-order valence-corrected chi connectivity index (χ2v) is 3.38. The molecular weight excluding hydrogens is 160 g/mol. The van der Waals surface area contributed by atoms with E-state index in [4.69, 9.17) is 0 Å². The highest BCUT2D eigenvalue weighted by Crippen LogP contribution is 2.16. The summed E-state index contributed by atoms with van der Waals surface area (Å²) in [6, 6.07) is 6.27. The lowest BCUT2D eigenvalue weighted by Gasteiger charge is -2.02. The van der Waals surface area contributed by atoms with Crippen LogP contribution in [-0.4, -0.2) is 9.97 Å². The van der Waals surface area contributed by atoms with Gasteiger partial charge in [0.15, 0.2) is 0 Å². The molecule has 0 saturated heterocycles. The molecule has 0 radical (unpaired) electrons. The van der Waals surface area contributed by atoms with Gasteiger partial charge in [-0.3, -0.25) is 0 Å². The Morgan fingerprint density at radius 2 is 1.77 bits per heavy atom. The van der Waals surface area contributed by atoms with E-state index in [1.54, 1.807) is 0 Å². The quantitative estimate of drug-likeness (QED) is 0.610. The third kappa shape index (κ3) is 1.39. The van der Waals surface area contributed by atoms with Crippen molar-refractivity contribution < 1.29 is 0 Å². The van der Waals surface area contributed by atoms with Crippen LogP contribution < -0.4 is 0 Å². The van der Waals surface area contributed by atoms with E-state index in [0.717, 1.165) is 22.4 Å². The van der Waals surface area contributed by atoms with Crippen molar-refractivity contribution in [3.8, 4) is 0 Å². The van der Waals surface area contributed by atoms with Gasteiger partial charge < -0.3 is 0 Å². The van der Waals surface area contributed by atoms with Crippen LogP contribution in [0.2, 0.25) is 0 Å². The van der Waals surface area contributed by atoms with Crippen LogP contribution in [0.15, 0.2) is 18.2 Å². The van der Waals surface area contributed by atoms with Crippen molar-refractivity contribution in [2.75, 3.05) is 0 Å². The number of aryl methyl sites for hydroxylation is 3. The van der Waals surface area contributed by atoms with Crippen LogP contribution in [0.3, 0.4) is 0 Å². The average molecular weight is 172 g/mol. The molecule has 0 atom stereocenters. The van der Waals surface area contributed by atoms with E-state index in [1.807, 2.05) is 13.8 Å². The summed E-state index contributed by atoms with van der Waals surface area (Å²) >= 11 is 0. The lowest BCUT2D eigenvalue weighted by Crippen LogP contribution is -1.93. The van der Waals surface area contributed by atoms with Crippen LogP contribution in [-0.2, 0) is 0 Å². The van der Waals surface area contributed by atoms with E-state index in [1.165, 1.54) is 5.56 Å². The Balaban J connectivity index is 2.86. The van der Waals surface area contributed by atoms with Crippen molar-refractivity contribution in [3.63, 3.8) is 0 Å². The van der Waals surface area contributed by atoms with Gasteiger partial charge in [0, 0.05) is 11.1 Å². The van der Waals surface area contributed by atoms with Crippen LogP contribution in [0.5, 0.6) is 0 Å². The van der Waals surface area contributed by atoms with Crippen molar-refractivity contribution in [1.29, 1.82) is 0 Å². The highest BCUT2D eigenvalue weighted by atomic mass is 14.9. The first-order valence-corrected chi connectivity index (χ1v) is 4.38. The van der Waals surface area contributed by atoms with Gasteiger partial charge in [-0.25, -0.2) is 9.97 Å². The predicted molar refractivity (Wildman–Crippen MR) is 53.7 cm³/mol. The minimum atomic E-state index is 0.843. The molecule has 66 valence electrons. The summed E-state index contributed by atoms with van der Waals surface area (Å²) in [5, 5.41) is 1.15. The topological polar surface area (TPSA) is 25.8 Å². The van der Waals surface area contributed by atoms with Crippen LogP contribution >= 0.6 is 0 Å². The summed E-state index contributed by atoms with van der Waals surface area (Å²) < 4.78 is 0. The normalized spacial score (nSPS) is 10.7. The molecule has 0 unspecified atom stereocenters. The Labute approximate surface area is 77.6 Å². The maximum atomic E-state index is 4.39. The number of benzene rings is 1. The summed E-state index contributed by atoms with van der Waals surface area (Å²) in [6.45, 7) is 6.02. The standard InChI is InChI=1S/C11H12N2/c1-7-4-5-10-8(2)12-9(3)13-11(10)6-7/h4-6H,1-3H3. The van der Waals surface area contributed by atoms with Gasteiger partial charge in [0.2, 0.25) is 0 Å². The molecule has 1 aromatic heterocycles. The third-order valence-corrected chi connectivity index (χ3v) is 2.15. The fraction of sp³-hybridized carbons (Fsp3) is 0.273. The van der Waals surface area contributed by atoms with Crippen LogP contribution in [0, 0.1) is 20.8 Å². The smallest absolute Gasteiger partial charge is 0.126 e. The molecule has 2 aromatic rings. The molecule has 2 rings (SSSR count). The number of aromatic nitrogens is 2. The van der Waals surface area contributed by atoms with E-state index in [2.05, 4.69) is 35.1 Å². The molecule has 0 amide bonds. The first-order valence-electron chi connectivity index (χ1n) is 4.38. The molecule has 0 fully saturated rings. The number of hydrogen-bond acceptors (Lipinski definition) is 2. The average Bonchev–Trinajstić information content (AvgIpc) is 2.02. The zero-order chi connectivity index (χ0) is 9.42. The van der Waals surface area contributed by atoms with Gasteiger partial charge in [-0.2, -0.15) is 0 Å². The molecule has 0 spiro atoms. The van der Waals surface area contributed by atoms with E-state index < -0.39 is 0 Å². The fourth-order valence-corrected chi connectivity index (χ4v) is 1.54. The van der Waals surface area contributed by atoms with Gasteiger partial charge >= 0.3 is 0 Å². The molecular formula is C11H12N2. The Bertz CT molecular complexity index is 456. The monoisotopic (exact) mass is 172 g/mol. The van der Waals surface area contributed by atoms with E-state index in [-0.39, 0.29) is 0 Å². The predicted octanol–water partition coefficient (Wildman–Crippen LogP) is 2.56. The highest BCUT2D eigenvalue weighted by molar-refractivity contribution is 5.81. The Morgan fingerprint density at radius 3 is 2.54 bits per heavy atom. The van der Waals surface area contributed by atoms with Gasteiger partial charge in [-0.1, -0.05) is 12.1 Å². The summed E-state index contributed by atoms with van der Waals surface area (Å²) in [5.74, 6) is 0.843. The molecule has 0 N–H and O–H groups in total. The van der Waals surface area contributed by atoms with Crippen molar-refractivity contribution in [2.45, 2.75) is 20.8 Å². The van der Waals surface area contributed by atoms with Crippen molar-refractivity contribution >= 4 is 10.9 Å². The van der Waals surface area contributed by atoms with Gasteiger partial charge in [-0.15, -0.1) is 0 Å². The van der Waals surface area contributed by atoms with Gasteiger partial charge in [0.1, 0.15) is 5.82 Å². The maximum Gasteiger partial charge on any atom is 0.126 e. The number of fused-ring (bicyclic) bond motifs is 1. The lowest BCUT2D eigenvalue weighted by atomic mass is 10.1. The molecule has 13 heavy (non-hydrogen) atoms. The van der Waals surface area contributed by atoms with E-state index >= 15 is 0 Å². The molecule has 0 aliphatic carbocycles. The Hall–Kier alpha value is -1.44. The molecule has 2 nitrogen and oxygen atoms in total. The number of hydrogen-bond donors (Lipinski definition) is 0. The van der Waals surface area contributed by atoms with Crippen molar-refractivity contribution in [2.24, 2.45) is 0 Å². The SMILES string of the molecule is Cc1ccc2c(C)nc(C)nc2c1.